The molecule has 0 aliphatic rings. The average Bonchev–Trinajstić information content (AvgIpc) is 2.65. The highest BCUT2D eigenvalue weighted by Gasteiger charge is 2.14. The van der Waals surface area contributed by atoms with Gasteiger partial charge in [0.05, 0.1) is 18.1 Å². The maximum Gasteiger partial charge on any atom is 0.221 e. The van der Waals surface area contributed by atoms with Crippen molar-refractivity contribution in [3.05, 3.63) is 46.2 Å². The normalized spacial score (nSPS) is 12.2. The molecule has 20 heavy (non-hydrogen) atoms. The summed E-state index contributed by atoms with van der Waals surface area (Å²) >= 11 is 6.21. The highest BCUT2D eigenvalue weighted by atomic mass is 35.5. The number of aromatic nitrogens is 2. The van der Waals surface area contributed by atoms with Crippen LogP contribution >= 0.6 is 11.6 Å². The summed E-state index contributed by atoms with van der Waals surface area (Å²) in [6.45, 7) is 8.35. The Morgan fingerprint density at radius 3 is 2.60 bits per heavy atom. The van der Waals surface area contributed by atoms with Crippen molar-refractivity contribution in [3.63, 3.8) is 0 Å². The van der Waals surface area contributed by atoms with Crippen molar-refractivity contribution < 1.29 is 0 Å². The molecule has 2 aromatic rings. The average molecular weight is 291 g/mol. The predicted molar refractivity (Wildman–Crippen MR) is 84.5 cm³/mol. The van der Waals surface area contributed by atoms with Gasteiger partial charge in [0.1, 0.15) is 0 Å². The Hall–Kier alpha value is -1.81. The summed E-state index contributed by atoms with van der Waals surface area (Å²) < 4.78 is 1.54. The molecule has 1 aromatic carbocycles. The van der Waals surface area contributed by atoms with E-state index in [4.69, 9.17) is 17.3 Å². The third kappa shape index (κ3) is 3.20. The van der Waals surface area contributed by atoms with E-state index in [2.05, 4.69) is 30.9 Å². The van der Waals surface area contributed by atoms with E-state index in [1.165, 1.54) is 10.2 Å². The minimum absolute atomic E-state index is 0.0673. The number of aryl methyl sites for hydroxylation is 1. The van der Waals surface area contributed by atoms with Gasteiger partial charge in [-0.3, -0.25) is 0 Å². The van der Waals surface area contributed by atoms with Crippen LogP contribution in [-0.2, 0) is 5.41 Å². The molecule has 2 N–H and O–H groups in total. The number of nitrogens with zero attached hydrogens (tertiary/aromatic N) is 3. The number of hydrogen-bond donors (Lipinski definition) is 1. The molecule has 0 bridgehead atoms. The van der Waals surface area contributed by atoms with Gasteiger partial charge in [0.25, 0.3) is 0 Å². The molecule has 0 amide bonds. The van der Waals surface area contributed by atoms with Gasteiger partial charge in [0, 0.05) is 10.6 Å². The maximum absolute atomic E-state index is 6.21. The van der Waals surface area contributed by atoms with E-state index >= 15 is 0 Å². The Balaban J connectivity index is 2.36. The molecule has 0 aliphatic carbocycles. The van der Waals surface area contributed by atoms with Crippen LogP contribution in [0.3, 0.4) is 0 Å². The van der Waals surface area contributed by atoms with Crippen LogP contribution in [0.15, 0.2) is 29.5 Å². The quantitative estimate of drug-likeness (QED) is 0.859. The van der Waals surface area contributed by atoms with Crippen molar-refractivity contribution in [2.45, 2.75) is 33.1 Å². The molecule has 2 rings (SSSR count). The number of nitrogens with two attached hydrogens (primary N) is 1. The monoisotopic (exact) mass is 290 g/mol. The van der Waals surface area contributed by atoms with Gasteiger partial charge in [0.15, 0.2) is 0 Å². The maximum atomic E-state index is 6.21. The second-order valence-electron chi connectivity index (χ2n) is 5.82. The molecular formula is C15H19ClN4. The fourth-order valence-corrected chi connectivity index (χ4v) is 2.00. The zero-order valence-corrected chi connectivity index (χ0v) is 12.9. The first-order chi connectivity index (χ1) is 9.27. The Kier molecular flexibility index (Phi) is 3.86. The number of nitrogen functional groups attached to an aromatic ring is 1. The van der Waals surface area contributed by atoms with Gasteiger partial charge in [-0.05, 0) is 30.0 Å². The van der Waals surface area contributed by atoms with Crippen LogP contribution in [-0.4, -0.2) is 15.9 Å². The van der Waals surface area contributed by atoms with Crippen molar-refractivity contribution in [1.82, 2.24) is 9.66 Å². The standard InChI is InChI=1S/C15H19ClN4/c1-10-9-20(14(17)19-10)18-8-11-7-12(15(2,3)4)5-6-13(11)16/h5-9H,1-4H3,(H2,17,19). The lowest BCUT2D eigenvalue weighted by Gasteiger charge is -2.19. The molecule has 1 aromatic heterocycles. The molecular weight excluding hydrogens is 272 g/mol. The smallest absolute Gasteiger partial charge is 0.221 e. The van der Waals surface area contributed by atoms with Crippen LogP contribution in [0, 0.1) is 6.92 Å². The zero-order valence-electron chi connectivity index (χ0n) is 12.2. The van der Waals surface area contributed by atoms with Crippen LogP contribution in [0.4, 0.5) is 5.95 Å². The second kappa shape index (κ2) is 5.29. The summed E-state index contributed by atoms with van der Waals surface area (Å²) in [6.07, 6.45) is 3.47. The molecule has 0 aliphatic heterocycles. The first-order valence-electron chi connectivity index (χ1n) is 6.43. The van der Waals surface area contributed by atoms with Crippen LogP contribution in [0.2, 0.25) is 5.02 Å². The minimum atomic E-state index is 0.0673. The summed E-state index contributed by atoms with van der Waals surface area (Å²) in [5.74, 6) is 0.363. The van der Waals surface area contributed by atoms with Crippen LogP contribution in [0.5, 0.6) is 0 Å². The summed E-state index contributed by atoms with van der Waals surface area (Å²) in [5.41, 5.74) is 8.72. The van der Waals surface area contributed by atoms with E-state index in [0.29, 0.717) is 11.0 Å². The summed E-state index contributed by atoms with van der Waals surface area (Å²) in [6, 6.07) is 5.98. The third-order valence-corrected chi connectivity index (χ3v) is 3.36. The Labute approximate surface area is 124 Å². The largest absolute Gasteiger partial charge is 0.368 e. The minimum Gasteiger partial charge on any atom is -0.368 e. The fourth-order valence-electron chi connectivity index (χ4n) is 1.83. The zero-order chi connectivity index (χ0) is 14.9. The SMILES string of the molecule is Cc1cn(N=Cc2cc(C(C)(C)C)ccc2Cl)c(N)n1. The van der Waals surface area contributed by atoms with Crippen molar-refractivity contribution in [2.24, 2.45) is 5.10 Å². The number of anilines is 1. The van der Waals surface area contributed by atoms with Gasteiger partial charge in [-0.2, -0.15) is 5.10 Å². The lowest BCUT2D eigenvalue weighted by Crippen LogP contribution is -2.11. The third-order valence-electron chi connectivity index (χ3n) is 3.02. The van der Waals surface area contributed by atoms with Gasteiger partial charge >= 0.3 is 0 Å². The van der Waals surface area contributed by atoms with Crippen molar-refractivity contribution >= 4 is 23.8 Å². The van der Waals surface area contributed by atoms with Gasteiger partial charge < -0.3 is 5.73 Å². The summed E-state index contributed by atoms with van der Waals surface area (Å²) in [4.78, 5) is 4.10. The molecule has 1 heterocycles. The van der Waals surface area contributed by atoms with Crippen molar-refractivity contribution in [2.75, 3.05) is 5.73 Å². The van der Waals surface area contributed by atoms with E-state index in [-0.39, 0.29) is 5.41 Å². The van der Waals surface area contributed by atoms with E-state index in [1.807, 2.05) is 25.1 Å². The van der Waals surface area contributed by atoms with Gasteiger partial charge in [0.2, 0.25) is 5.95 Å². The first kappa shape index (κ1) is 14.6. The molecule has 0 atom stereocenters. The molecule has 4 nitrogen and oxygen atoms in total. The molecule has 0 saturated heterocycles. The molecule has 0 spiro atoms. The number of hydrogen-bond acceptors (Lipinski definition) is 3. The van der Waals surface area contributed by atoms with Crippen molar-refractivity contribution in [3.8, 4) is 0 Å². The second-order valence-corrected chi connectivity index (χ2v) is 6.22. The van der Waals surface area contributed by atoms with E-state index < -0.39 is 0 Å². The number of imidazole rings is 1. The van der Waals surface area contributed by atoms with E-state index in [0.717, 1.165) is 11.3 Å². The Morgan fingerprint density at radius 1 is 1.35 bits per heavy atom. The predicted octanol–water partition coefficient (Wildman–Crippen LogP) is 3.61. The number of halogens is 1. The van der Waals surface area contributed by atoms with E-state index in [9.17, 15) is 0 Å². The van der Waals surface area contributed by atoms with Gasteiger partial charge in [-0.1, -0.05) is 38.4 Å². The summed E-state index contributed by atoms with van der Waals surface area (Å²) in [5, 5.41) is 4.96. The Morgan fingerprint density at radius 2 is 2.05 bits per heavy atom. The van der Waals surface area contributed by atoms with Crippen LogP contribution in [0.1, 0.15) is 37.6 Å². The lowest BCUT2D eigenvalue weighted by atomic mass is 9.86. The highest BCUT2D eigenvalue weighted by Crippen LogP contribution is 2.26. The van der Waals surface area contributed by atoms with Crippen molar-refractivity contribution in [1.29, 1.82) is 0 Å². The Bertz CT molecular complexity index is 650. The number of benzene rings is 1. The first-order valence-corrected chi connectivity index (χ1v) is 6.81. The van der Waals surface area contributed by atoms with Gasteiger partial charge in [-0.25, -0.2) is 9.66 Å². The summed E-state index contributed by atoms with van der Waals surface area (Å²) in [7, 11) is 0. The fraction of sp³-hybridized carbons (Fsp3) is 0.333. The topological polar surface area (TPSA) is 56.2 Å². The van der Waals surface area contributed by atoms with Gasteiger partial charge in [-0.15, -0.1) is 0 Å². The molecule has 106 valence electrons. The molecule has 0 fully saturated rings. The van der Waals surface area contributed by atoms with Crippen LogP contribution in [0.25, 0.3) is 0 Å². The lowest BCUT2D eigenvalue weighted by molar-refractivity contribution is 0.590. The highest BCUT2D eigenvalue weighted by molar-refractivity contribution is 6.33. The molecule has 0 unspecified atom stereocenters. The van der Waals surface area contributed by atoms with E-state index in [1.54, 1.807) is 12.4 Å². The molecule has 0 radical (unpaired) electrons. The van der Waals surface area contributed by atoms with Crippen LogP contribution < -0.4 is 5.73 Å². The number of rotatable bonds is 2. The molecule has 5 heteroatoms. The molecule has 0 saturated carbocycles.